The number of nitrogens with zero attached hydrogens (tertiary/aromatic N) is 1. The van der Waals surface area contributed by atoms with E-state index in [9.17, 15) is 0 Å². The molecule has 114 valence electrons. The third-order valence-electron chi connectivity index (χ3n) is 4.29. The molecule has 0 saturated carbocycles. The summed E-state index contributed by atoms with van der Waals surface area (Å²) in [5, 5.41) is 1.20. The van der Waals surface area contributed by atoms with E-state index >= 15 is 0 Å². The molecule has 1 aromatic carbocycles. The van der Waals surface area contributed by atoms with Crippen LogP contribution in [0.4, 0.5) is 0 Å². The maximum absolute atomic E-state index is 5.87. The minimum atomic E-state index is 0.432. The van der Waals surface area contributed by atoms with Gasteiger partial charge in [-0.05, 0) is 25.8 Å². The number of piperidine rings is 1. The molecule has 0 amide bonds. The van der Waals surface area contributed by atoms with Crippen LogP contribution in [0.3, 0.4) is 0 Å². The monoisotopic (exact) mass is 288 g/mol. The second-order valence-corrected chi connectivity index (χ2v) is 5.63. The molecule has 0 bridgehead atoms. The van der Waals surface area contributed by atoms with Gasteiger partial charge in [-0.15, -0.1) is 0 Å². The number of hydrogen-bond acceptors (Lipinski definition) is 4. The van der Waals surface area contributed by atoms with Crippen LogP contribution in [-0.4, -0.2) is 30.7 Å². The number of benzene rings is 1. The zero-order valence-corrected chi connectivity index (χ0v) is 12.7. The minimum Gasteiger partial charge on any atom is -0.459 e. The summed E-state index contributed by atoms with van der Waals surface area (Å²) < 4.78 is 11.6. The predicted molar refractivity (Wildman–Crippen MR) is 84.0 cm³/mol. The Balaban J connectivity index is 1.73. The molecule has 3 rings (SSSR count). The van der Waals surface area contributed by atoms with E-state index < -0.39 is 0 Å². The van der Waals surface area contributed by atoms with Crippen LogP contribution in [0.5, 0.6) is 0 Å². The highest BCUT2D eigenvalue weighted by atomic mass is 16.5. The summed E-state index contributed by atoms with van der Waals surface area (Å²) in [7, 11) is 0. The van der Waals surface area contributed by atoms with Gasteiger partial charge in [0.25, 0.3) is 0 Å². The third-order valence-corrected chi connectivity index (χ3v) is 4.29. The van der Waals surface area contributed by atoms with Gasteiger partial charge in [0.05, 0.1) is 12.6 Å². The van der Waals surface area contributed by atoms with Crippen molar-refractivity contribution in [3.05, 3.63) is 35.6 Å². The van der Waals surface area contributed by atoms with E-state index in [1.165, 1.54) is 10.9 Å². The molecule has 21 heavy (non-hydrogen) atoms. The number of para-hydroxylation sites is 1. The third kappa shape index (κ3) is 3.12. The number of rotatable bonds is 5. The van der Waals surface area contributed by atoms with E-state index in [1.54, 1.807) is 0 Å². The lowest BCUT2D eigenvalue weighted by Gasteiger charge is -2.31. The molecular formula is C17H24N2O2. The first-order valence-electron chi connectivity index (χ1n) is 7.85. The minimum absolute atomic E-state index is 0.432. The second-order valence-electron chi connectivity index (χ2n) is 5.63. The van der Waals surface area contributed by atoms with E-state index in [0.717, 1.165) is 50.4 Å². The molecule has 2 aromatic rings. The summed E-state index contributed by atoms with van der Waals surface area (Å²) in [5.41, 5.74) is 8.04. The zero-order valence-electron chi connectivity index (χ0n) is 12.7. The number of ether oxygens (including phenoxy) is 1. The van der Waals surface area contributed by atoms with E-state index in [-0.39, 0.29) is 0 Å². The first-order valence-corrected chi connectivity index (χ1v) is 7.85. The van der Waals surface area contributed by atoms with Crippen molar-refractivity contribution < 1.29 is 9.15 Å². The Bertz CT molecular complexity index is 585. The van der Waals surface area contributed by atoms with Crippen molar-refractivity contribution in [3.8, 4) is 0 Å². The summed E-state index contributed by atoms with van der Waals surface area (Å²) in [6, 6.07) is 8.20. The summed E-state index contributed by atoms with van der Waals surface area (Å²) >= 11 is 0. The zero-order chi connectivity index (χ0) is 14.7. The van der Waals surface area contributed by atoms with Gasteiger partial charge in [-0.3, -0.25) is 4.90 Å². The van der Waals surface area contributed by atoms with Crippen LogP contribution in [0.25, 0.3) is 11.0 Å². The summed E-state index contributed by atoms with van der Waals surface area (Å²) in [6.45, 7) is 6.41. The standard InChI is InChI=1S/C17H24N2O2/c1-2-20-13-7-9-19(10-8-13)12-15-14-5-3-4-6-16(14)21-17(15)11-18/h3-6,13H,2,7-12,18H2,1H3. The SMILES string of the molecule is CCOC1CCN(Cc2c(CN)oc3ccccc23)CC1. The number of nitrogens with two attached hydrogens (primary N) is 1. The molecule has 0 unspecified atom stereocenters. The van der Waals surface area contributed by atoms with E-state index in [2.05, 4.69) is 24.0 Å². The molecule has 1 saturated heterocycles. The van der Waals surface area contributed by atoms with Crippen molar-refractivity contribution >= 4 is 11.0 Å². The van der Waals surface area contributed by atoms with E-state index in [4.69, 9.17) is 14.9 Å². The Hall–Kier alpha value is -1.36. The van der Waals surface area contributed by atoms with E-state index in [0.29, 0.717) is 12.6 Å². The van der Waals surface area contributed by atoms with Gasteiger partial charge in [-0.2, -0.15) is 0 Å². The Kier molecular flexibility index (Phi) is 4.58. The second kappa shape index (κ2) is 6.60. The smallest absolute Gasteiger partial charge is 0.134 e. The average Bonchev–Trinajstić information content (AvgIpc) is 2.87. The van der Waals surface area contributed by atoms with Crippen LogP contribution in [0.1, 0.15) is 31.1 Å². The lowest BCUT2D eigenvalue weighted by atomic mass is 10.1. The van der Waals surface area contributed by atoms with E-state index in [1.807, 2.05) is 12.1 Å². The van der Waals surface area contributed by atoms with Gasteiger partial charge in [0.1, 0.15) is 11.3 Å². The predicted octanol–water partition coefficient (Wildman–Crippen LogP) is 2.89. The molecule has 1 aromatic heterocycles. The van der Waals surface area contributed by atoms with Gasteiger partial charge < -0.3 is 14.9 Å². The van der Waals surface area contributed by atoms with Crippen LogP contribution in [0.15, 0.2) is 28.7 Å². The average molecular weight is 288 g/mol. The number of hydrogen-bond donors (Lipinski definition) is 1. The highest BCUT2D eigenvalue weighted by Crippen LogP contribution is 2.28. The molecule has 2 N–H and O–H groups in total. The van der Waals surface area contributed by atoms with Crippen LogP contribution in [0, 0.1) is 0 Å². The Morgan fingerprint density at radius 3 is 2.76 bits per heavy atom. The van der Waals surface area contributed by atoms with Crippen LogP contribution in [0.2, 0.25) is 0 Å². The molecule has 0 spiro atoms. The van der Waals surface area contributed by atoms with Gasteiger partial charge in [0, 0.05) is 37.2 Å². The number of fused-ring (bicyclic) bond motifs is 1. The summed E-state index contributed by atoms with van der Waals surface area (Å²) in [4.78, 5) is 2.48. The van der Waals surface area contributed by atoms with Crippen LogP contribution in [-0.2, 0) is 17.8 Å². The van der Waals surface area contributed by atoms with Gasteiger partial charge in [0.2, 0.25) is 0 Å². The van der Waals surface area contributed by atoms with Crippen molar-refractivity contribution in [3.63, 3.8) is 0 Å². The largest absolute Gasteiger partial charge is 0.459 e. The topological polar surface area (TPSA) is 51.6 Å². The van der Waals surface area contributed by atoms with Crippen molar-refractivity contribution in [2.45, 2.75) is 39.0 Å². The molecule has 0 radical (unpaired) electrons. The molecule has 1 aliphatic heterocycles. The normalized spacial score (nSPS) is 17.6. The fraction of sp³-hybridized carbons (Fsp3) is 0.529. The van der Waals surface area contributed by atoms with Crippen LogP contribution >= 0.6 is 0 Å². The summed E-state index contributed by atoms with van der Waals surface area (Å²) in [6.07, 6.45) is 2.66. The lowest BCUT2D eigenvalue weighted by molar-refractivity contribution is 0.0125. The maximum Gasteiger partial charge on any atom is 0.134 e. The van der Waals surface area contributed by atoms with Crippen molar-refractivity contribution in [2.24, 2.45) is 5.73 Å². The molecular weight excluding hydrogens is 264 g/mol. The number of likely N-dealkylation sites (tertiary alicyclic amines) is 1. The molecule has 4 nitrogen and oxygen atoms in total. The van der Waals surface area contributed by atoms with Crippen LogP contribution < -0.4 is 5.73 Å². The summed E-state index contributed by atoms with van der Waals surface area (Å²) in [5.74, 6) is 0.920. The molecule has 2 heterocycles. The van der Waals surface area contributed by atoms with Crippen molar-refractivity contribution in [2.75, 3.05) is 19.7 Å². The molecule has 1 aliphatic rings. The molecule has 4 heteroatoms. The highest BCUT2D eigenvalue weighted by Gasteiger charge is 2.22. The quantitative estimate of drug-likeness (QED) is 0.919. The highest BCUT2D eigenvalue weighted by molar-refractivity contribution is 5.82. The molecule has 0 atom stereocenters. The van der Waals surface area contributed by atoms with Gasteiger partial charge in [0.15, 0.2) is 0 Å². The fourth-order valence-corrected chi connectivity index (χ4v) is 3.18. The van der Waals surface area contributed by atoms with Crippen molar-refractivity contribution in [1.82, 2.24) is 4.90 Å². The maximum atomic E-state index is 5.87. The Morgan fingerprint density at radius 1 is 1.29 bits per heavy atom. The lowest BCUT2D eigenvalue weighted by Crippen LogP contribution is -2.36. The first-order chi connectivity index (χ1) is 10.3. The first kappa shape index (κ1) is 14.6. The number of furan rings is 1. The molecule has 1 fully saturated rings. The van der Waals surface area contributed by atoms with Crippen molar-refractivity contribution in [1.29, 1.82) is 0 Å². The fourth-order valence-electron chi connectivity index (χ4n) is 3.18. The Labute approximate surface area is 125 Å². The van der Waals surface area contributed by atoms with Gasteiger partial charge in [-0.1, -0.05) is 18.2 Å². The Morgan fingerprint density at radius 2 is 2.05 bits per heavy atom. The van der Waals surface area contributed by atoms with Gasteiger partial charge >= 0.3 is 0 Å². The van der Waals surface area contributed by atoms with Gasteiger partial charge in [-0.25, -0.2) is 0 Å². The molecule has 0 aliphatic carbocycles.